The van der Waals surface area contributed by atoms with Gasteiger partial charge in [0.2, 0.25) is 5.91 Å². The van der Waals surface area contributed by atoms with Gasteiger partial charge in [-0.2, -0.15) is 0 Å². The third kappa shape index (κ3) is 3.30. The molecule has 0 saturated heterocycles. The SMILES string of the molecule is NC(=O)CCOC(=O)c1ccccc1N. The van der Waals surface area contributed by atoms with Gasteiger partial charge in [0.25, 0.3) is 0 Å². The molecule has 5 nitrogen and oxygen atoms in total. The summed E-state index contributed by atoms with van der Waals surface area (Å²) >= 11 is 0. The zero-order valence-electron chi connectivity index (χ0n) is 8.10. The molecule has 0 bridgehead atoms. The first kappa shape index (κ1) is 11.0. The van der Waals surface area contributed by atoms with E-state index < -0.39 is 11.9 Å². The summed E-state index contributed by atoms with van der Waals surface area (Å²) in [4.78, 5) is 21.8. The molecule has 15 heavy (non-hydrogen) atoms. The molecule has 0 heterocycles. The van der Waals surface area contributed by atoms with Crippen molar-refractivity contribution in [2.75, 3.05) is 12.3 Å². The summed E-state index contributed by atoms with van der Waals surface area (Å²) in [6.07, 6.45) is 0.0124. The second-order valence-corrected chi connectivity index (χ2v) is 2.94. The fourth-order valence-corrected chi connectivity index (χ4v) is 1.00. The van der Waals surface area contributed by atoms with Crippen LogP contribution in [0.2, 0.25) is 0 Å². The molecule has 1 amide bonds. The summed E-state index contributed by atoms with van der Waals surface area (Å²) in [6, 6.07) is 6.56. The van der Waals surface area contributed by atoms with Crippen LogP contribution in [-0.4, -0.2) is 18.5 Å². The van der Waals surface area contributed by atoms with Crippen molar-refractivity contribution in [1.82, 2.24) is 0 Å². The van der Waals surface area contributed by atoms with Gasteiger partial charge < -0.3 is 16.2 Å². The number of carbonyl (C=O) groups is 2. The molecule has 1 aromatic rings. The lowest BCUT2D eigenvalue weighted by atomic mass is 10.2. The second kappa shape index (κ2) is 4.99. The number of benzene rings is 1. The minimum Gasteiger partial charge on any atom is -0.461 e. The van der Waals surface area contributed by atoms with Crippen molar-refractivity contribution in [1.29, 1.82) is 0 Å². The van der Waals surface area contributed by atoms with Crippen molar-refractivity contribution < 1.29 is 14.3 Å². The van der Waals surface area contributed by atoms with Gasteiger partial charge in [-0.3, -0.25) is 4.79 Å². The number of ether oxygens (including phenoxy) is 1. The molecule has 0 atom stereocenters. The number of esters is 1. The number of para-hydroxylation sites is 1. The molecule has 0 unspecified atom stereocenters. The van der Waals surface area contributed by atoms with Crippen LogP contribution in [0.3, 0.4) is 0 Å². The molecule has 0 aliphatic heterocycles. The number of primary amides is 1. The van der Waals surface area contributed by atoms with Gasteiger partial charge in [-0.25, -0.2) is 4.79 Å². The number of hydrogen-bond donors (Lipinski definition) is 2. The van der Waals surface area contributed by atoms with E-state index in [9.17, 15) is 9.59 Å². The van der Waals surface area contributed by atoms with E-state index in [1.165, 1.54) is 0 Å². The first-order chi connectivity index (χ1) is 7.11. The van der Waals surface area contributed by atoms with Gasteiger partial charge >= 0.3 is 5.97 Å². The largest absolute Gasteiger partial charge is 0.461 e. The molecule has 0 fully saturated rings. The number of nitrogens with two attached hydrogens (primary N) is 2. The summed E-state index contributed by atoms with van der Waals surface area (Å²) in [5.74, 6) is -1.06. The van der Waals surface area contributed by atoms with Gasteiger partial charge in [-0.15, -0.1) is 0 Å². The number of amides is 1. The van der Waals surface area contributed by atoms with Crippen LogP contribution in [-0.2, 0) is 9.53 Å². The Morgan fingerprint density at radius 1 is 1.27 bits per heavy atom. The van der Waals surface area contributed by atoms with Crippen LogP contribution in [0.15, 0.2) is 24.3 Å². The van der Waals surface area contributed by atoms with Gasteiger partial charge in [0.05, 0.1) is 12.0 Å². The van der Waals surface area contributed by atoms with Gasteiger partial charge in [-0.1, -0.05) is 12.1 Å². The average Bonchev–Trinajstić information content (AvgIpc) is 2.17. The van der Waals surface area contributed by atoms with Crippen molar-refractivity contribution >= 4 is 17.6 Å². The number of carbonyl (C=O) groups excluding carboxylic acids is 2. The second-order valence-electron chi connectivity index (χ2n) is 2.94. The Morgan fingerprint density at radius 2 is 1.93 bits per heavy atom. The zero-order chi connectivity index (χ0) is 11.3. The monoisotopic (exact) mass is 208 g/mol. The van der Waals surface area contributed by atoms with Crippen molar-refractivity contribution in [3.05, 3.63) is 29.8 Å². The maximum atomic E-state index is 11.4. The van der Waals surface area contributed by atoms with Crippen molar-refractivity contribution in [2.45, 2.75) is 6.42 Å². The molecule has 0 aliphatic rings. The van der Waals surface area contributed by atoms with E-state index in [1.54, 1.807) is 24.3 Å². The molecular weight excluding hydrogens is 196 g/mol. The van der Waals surface area contributed by atoms with E-state index in [-0.39, 0.29) is 13.0 Å². The molecule has 0 radical (unpaired) electrons. The maximum Gasteiger partial charge on any atom is 0.340 e. The standard InChI is InChI=1S/C10H12N2O3/c11-8-4-2-1-3-7(8)10(14)15-6-5-9(12)13/h1-4H,5-6,11H2,(H2,12,13). The average molecular weight is 208 g/mol. The normalized spacial score (nSPS) is 9.60. The Balaban J connectivity index is 2.54. The van der Waals surface area contributed by atoms with Crippen molar-refractivity contribution in [3.63, 3.8) is 0 Å². The highest BCUT2D eigenvalue weighted by Gasteiger charge is 2.10. The molecule has 0 spiro atoms. The highest BCUT2D eigenvalue weighted by Crippen LogP contribution is 2.11. The fourth-order valence-electron chi connectivity index (χ4n) is 1.00. The summed E-state index contributed by atoms with van der Waals surface area (Å²) in [6.45, 7) is -0.0253. The molecule has 4 N–H and O–H groups in total. The van der Waals surface area contributed by atoms with Crippen LogP contribution in [0.4, 0.5) is 5.69 Å². The summed E-state index contributed by atoms with van der Waals surface area (Å²) in [5, 5.41) is 0. The summed E-state index contributed by atoms with van der Waals surface area (Å²) in [7, 11) is 0. The third-order valence-electron chi connectivity index (χ3n) is 1.76. The Morgan fingerprint density at radius 3 is 2.53 bits per heavy atom. The Labute approximate surface area is 87.0 Å². The van der Waals surface area contributed by atoms with E-state index in [0.717, 1.165) is 0 Å². The van der Waals surface area contributed by atoms with Crippen LogP contribution in [0.1, 0.15) is 16.8 Å². The molecule has 1 rings (SSSR count). The fraction of sp³-hybridized carbons (Fsp3) is 0.200. The first-order valence-electron chi connectivity index (χ1n) is 4.41. The van der Waals surface area contributed by atoms with Crippen LogP contribution in [0, 0.1) is 0 Å². The predicted octanol–water partition coefficient (Wildman–Crippen LogP) is 0.301. The zero-order valence-corrected chi connectivity index (χ0v) is 8.10. The van der Waals surface area contributed by atoms with Crippen LogP contribution in [0.5, 0.6) is 0 Å². The van der Waals surface area contributed by atoms with E-state index >= 15 is 0 Å². The van der Waals surface area contributed by atoms with E-state index in [4.69, 9.17) is 16.2 Å². The van der Waals surface area contributed by atoms with E-state index in [2.05, 4.69) is 0 Å². The molecule has 5 heteroatoms. The third-order valence-corrected chi connectivity index (χ3v) is 1.76. The number of anilines is 1. The molecule has 0 aliphatic carbocycles. The van der Waals surface area contributed by atoms with Gasteiger partial charge in [0.1, 0.15) is 6.61 Å². The molecule has 80 valence electrons. The van der Waals surface area contributed by atoms with Gasteiger partial charge in [0, 0.05) is 5.69 Å². The molecule has 1 aromatic carbocycles. The lowest BCUT2D eigenvalue weighted by molar-refractivity contribution is -0.118. The number of nitrogen functional groups attached to an aromatic ring is 1. The summed E-state index contributed by atoms with van der Waals surface area (Å²) in [5.41, 5.74) is 11.1. The van der Waals surface area contributed by atoms with E-state index in [1.807, 2.05) is 0 Å². The van der Waals surface area contributed by atoms with E-state index in [0.29, 0.717) is 11.3 Å². The molecule has 0 saturated carbocycles. The Kier molecular flexibility index (Phi) is 3.68. The van der Waals surface area contributed by atoms with Crippen molar-refractivity contribution in [2.24, 2.45) is 5.73 Å². The lowest BCUT2D eigenvalue weighted by Gasteiger charge is -2.05. The van der Waals surface area contributed by atoms with Crippen LogP contribution < -0.4 is 11.5 Å². The highest BCUT2D eigenvalue weighted by atomic mass is 16.5. The number of hydrogen-bond acceptors (Lipinski definition) is 4. The van der Waals surface area contributed by atoms with Gasteiger partial charge in [-0.05, 0) is 12.1 Å². The molecule has 0 aromatic heterocycles. The maximum absolute atomic E-state index is 11.4. The Bertz CT molecular complexity index is 377. The Hall–Kier alpha value is -2.04. The highest BCUT2D eigenvalue weighted by molar-refractivity contribution is 5.95. The summed E-state index contributed by atoms with van der Waals surface area (Å²) < 4.78 is 4.80. The lowest BCUT2D eigenvalue weighted by Crippen LogP contribution is -2.16. The topological polar surface area (TPSA) is 95.4 Å². The first-order valence-corrected chi connectivity index (χ1v) is 4.41. The van der Waals surface area contributed by atoms with Crippen molar-refractivity contribution in [3.8, 4) is 0 Å². The van der Waals surface area contributed by atoms with Crippen LogP contribution in [0.25, 0.3) is 0 Å². The minimum absolute atomic E-state index is 0.0124. The quantitative estimate of drug-likeness (QED) is 0.549. The minimum atomic E-state index is -0.547. The smallest absolute Gasteiger partial charge is 0.340 e. The predicted molar refractivity (Wildman–Crippen MR) is 54.9 cm³/mol. The van der Waals surface area contributed by atoms with Crippen LogP contribution >= 0.6 is 0 Å². The number of rotatable bonds is 4. The van der Waals surface area contributed by atoms with Gasteiger partial charge in [0.15, 0.2) is 0 Å². The molecular formula is C10H12N2O3.